The number of benzene rings is 1. The number of hydroxylamine groups is 1. The first-order valence-corrected chi connectivity index (χ1v) is 7.55. The van der Waals surface area contributed by atoms with Crippen LogP contribution in [0.15, 0.2) is 43.0 Å². The quantitative estimate of drug-likeness (QED) is 0.280. The summed E-state index contributed by atoms with van der Waals surface area (Å²) in [6, 6.07) is 6.53. The molecule has 7 heteroatoms. The number of carbonyl (C=O) groups is 2. The van der Waals surface area contributed by atoms with Crippen molar-refractivity contribution in [2.45, 2.75) is 13.8 Å². The summed E-state index contributed by atoms with van der Waals surface area (Å²) in [4.78, 5) is 28.0. The Balaban J connectivity index is 2.42. The summed E-state index contributed by atoms with van der Waals surface area (Å²) in [5.74, 6) is -0.483. The highest BCUT2D eigenvalue weighted by Crippen LogP contribution is 2.14. The van der Waals surface area contributed by atoms with E-state index < -0.39 is 12.0 Å². The van der Waals surface area contributed by atoms with E-state index >= 15 is 0 Å². The highest BCUT2D eigenvalue weighted by molar-refractivity contribution is 5.91. The molecule has 0 spiro atoms. The van der Waals surface area contributed by atoms with Crippen molar-refractivity contribution < 1.29 is 19.2 Å². The number of allylic oxidation sites excluding steroid dienone is 1. The Morgan fingerprint density at radius 3 is 2.58 bits per heavy atom. The molecule has 0 atom stereocenters. The molecular weight excluding hydrogens is 310 g/mol. The molecule has 0 heterocycles. The number of esters is 1. The van der Waals surface area contributed by atoms with Gasteiger partial charge in [0.05, 0.1) is 18.9 Å². The van der Waals surface area contributed by atoms with Crippen LogP contribution in [0.2, 0.25) is 0 Å². The van der Waals surface area contributed by atoms with Gasteiger partial charge in [0.2, 0.25) is 0 Å². The number of carbonyl (C=O) groups excluding carboxylic acids is 2. The number of amides is 2. The van der Waals surface area contributed by atoms with Crippen LogP contribution < -0.4 is 16.1 Å². The second kappa shape index (κ2) is 10.8. The summed E-state index contributed by atoms with van der Waals surface area (Å²) in [7, 11) is 0. The minimum Gasteiger partial charge on any atom is -0.465 e. The zero-order valence-corrected chi connectivity index (χ0v) is 13.9. The minimum absolute atomic E-state index is 0.179. The molecule has 7 nitrogen and oxygen atoms in total. The molecule has 1 aromatic rings. The fourth-order valence-corrected chi connectivity index (χ4v) is 1.63. The molecule has 0 unspecified atom stereocenters. The van der Waals surface area contributed by atoms with Crippen molar-refractivity contribution in [2.75, 3.05) is 25.1 Å². The Morgan fingerprint density at radius 1 is 1.25 bits per heavy atom. The number of nitrogens with one attached hydrogen (secondary N) is 3. The van der Waals surface area contributed by atoms with Crippen molar-refractivity contribution in [3.8, 4) is 0 Å². The van der Waals surface area contributed by atoms with Crippen molar-refractivity contribution in [1.29, 1.82) is 0 Å². The standard InChI is InChI=1S/C17H23N3O4/c1-4-6-11-24-20-13(3)14-7-9-15(10-8-14)19-17(22)18-12-16(21)23-5-2/h4,6-10,20H,3,5,11-12H2,1-2H3,(H2,18,19,22). The van der Waals surface area contributed by atoms with Crippen LogP contribution in [0.3, 0.4) is 0 Å². The SMILES string of the molecule is C=C(NOCC=CC)c1ccc(NC(=O)NCC(=O)OCC)cc1. The fourth-order valence-electron chi connectivity index (χ4n) is 1.63. The van der Waals surface area contributed by atoms with E-state index in [0.717, 1.165) is 5.56 Å². The van der Waals surface area contributed by atoms with E-state index in [1.165, 1.54) is 0 Å². The van der Waals surface area contributed by atoms with Gasteiger partial charge in [-0.3, -0.25) is 15.1 Å². The summed E-state index contributed by atoms with van der Waals surface area (Å²) in [6.07, 6.45) is 3.75. The number of anilines is 1. The van der Waals surface area contributed by atoms with E-state index in [4.69, 9.17) is 9.57 Å². The summed E-state index contributed by atoms with van der Waals surface area (Å²) < 4.78 is 4.72. The number of ether oxygens (including phenoxy) is 1. The van der Waals surface area contributed by atoms with Gasteiger partial charge < -0.3 is 15.4 Å². The number of hydrogen-bond donors (Lipinski definition) is 3. The van der Waals surface area contributed by atoms with Crippen molar-refractivity contribution in [1.82, 2.24) is 10.8 Å². The van der Waals surface area contributed by atoms with Crippen LogP contribution in [0, 0.1) is 0 Å². The van der Waals surface area contributed by atoms with E-state index in [0.29, 0.717) is 18.0 Å². The van der Waals surface area contributed by atoms with Gasteiger partial charge in [-0.1, -0.05) is 30.9 Å². The Kier molecular flexibility index (Phi) is 8.70. The molecule has 2 amide bonds. The highest BCUT2D eigenvalue weighted by atomic mass is 16.6. The first-order chi connectivity index (χ1) is 11.6. The lowest BCUT2D eigenvalue weighted by atomic mass is 10.1. The van der Waals surface area contributed by atoms with E-state index in [1.54, 1.807) is 31.2 Å². The largest absolute Gasteiger partial charge is 0.465 e. The smallest absolute Gasteiger partial charge is 0.325 e. The maximum atomic E-state index is 11.7. The minimum atomic E-state index is -0.484. The van der Waals surface area contributed by atoms with Gasteiger partial charge in [0.25, 0.3) is 0 Å². The van der Waals surface area contributed by atoms with Crippen molar-refractivity contribution in [3.63, 3.8) is 0 Å². The molecule has 0 aliphatic carbocycles. The molecule has 0 fully saturated rings. The molecule has 0 aliphatic heterocycles. The Morgan fingerprint density at radius 2 is 1.96 bits per heavy atom. The lowest BCUT2D eigenvalue weighted by molar-refractivity contribution is -0.141. The lowest BCUT2D eigenvalue weighted by Crippen LogP contribution is -2.34. The van der Waals surface area contributed by atoms with Gasteiger partial charge in [-0.15, -0.1) is 0 Å². The van der Waals surface area contributed by atoms with Crippen molar-refractivity contribution >= 4 is 23.4 Å². The monoisotopic (exact) mass is 333 g/mol. The third-order valence-corrected chi connectivity index (χ3v) is 2.80. The Bertz CT molecular complexity index is 582. The van der Waals surface area contributed by atoms with Crippen LogP contribution in [-0.4, -0.2) is 31.8 Å². The van der Waals surface area contributed by atoms with E-state index in [1.807, 2.05) is 19.1 Å². The van der Waals surface area contributed by atoms with Gasteiger partial charge in [-0.25, -0.2) is 4.79 Å². The summed E-state index contributed by atoms with van der Waals surface area (Å²) in [6.45, 7) is 8.02. The Hall–Kier alpha value is -2.80. The first kappa shape index (κ1) is 19.2. The molecule has 24 heavy (non-hydrogen) atoms. The molecule has 130 valence electrons. The van der Waals surface area contributed by atoms with Crippen molar-refractivity contribution in [3.05, 3.63) is 48.6 Å². The average molecular weight is 333 g/mol. The summed E-state index contributed by atoms with van der Waals surface area (Å²) in [5.41, 5.74) is 4.76. The molecule has 0 aromatic heterocycles. The number of rotatable bonds is 9. The van der Waals surface area contributed by atoms with Crippen LogP contribution in [0.5, 0.6) is 0 Å². The third-order valence-electron chi connectivity index (χ3n) is 2.80. The molecule has 0 saturated heterocycles. The van der Waals surface area contributed by atoms with Crippen LogP contribution in [0.1, 0.15) is 19.4 Å². The van der Waals surface area contributed by atoms with Gasteiger partial charge in [-0.2, -0.15) is 0 Å². The molecule has 0 saturated carbocycles. The molecule has 0 bridgehead atoms. The van der Waals surface area contributed by atoms with Crippen molar-refractivity contribution in [2.24, 2.45) is 0 Å². The maximum absolute atomic E-state index is 11.7. The second-order valence-electron chi connectivity index (χ2n) is 4.65. The third kappa shape index (κ3) is 7.46. The lowest BCUT2D eigenvalue weighted by Gasteiger charge is -2.10. The summed E-state index contributed by atoms with van der Waals surface area (Å²) >= 11 is 0. The molecule has 0 aliphatic rings. The first-order valence-electron chi connectivity index (χ1n) is 7.55. The molecular formula is C17H23N3O4. The highest BCUT2D eigenvalue weighted by Gasteiger charge is 2.06. The Labute approximate surface area is 141 Å². The van der Waals surface area contributed by atoms with Gasteiger partial charge in [0.15, 0.2) is 0 Å². The average Bonchev–Trinajstić information content (AvgIpc) is 2.58. The molecule has 1 aromatic carbocycles. The number of hydrogen-bond acceptors (Lipinski definition) is 5. The fraction of sp³-hybridized carbons (Fsp3) is 0.294. The van der Waals surface area contributed by atoms with E-state index in [9.17, 15) is 9.59 Å². The van der Waals surface area contributed by atoms with Crippen LogP contribution >= 0.6 is 0 Å². The topological polar surface area (TPSA) is 88.7 Å². The van der Waals surface area contributed by atoms with Crippen LogP contribution in [0.4, 0.5) is 10.5 Å². The van der Waals surface area contributed by atoms with Crippen LogP contribution in [0.25, 0.3) is 5.70 Å². The van der Waals surface area contributed by atoms with Crippen LogP contribution in [-0.2, 0) is 14.4 Å². The van der Waals surface area contributed by atoms with E-state index in [2.05, 4.69) is 22.7 Å². The normalized spacial score (nSPS) is 10.2. The van der Waals surface area contributed by atoms with Gasteiger partial charge in [0.1, 0.15) is 6.54 Å². The molecule has 0 radical (unpaired) electrons. The number of urea groups is 1. The van der Waals surface area contributed by atoms with Gasteiger partial charge in [0, 0.05) is 5.69 Å². The predicted molar refractivity (Wildman–Crippen MR) is 93.0 cm³/mol. The molecule has 1 rings (SSSR count). The van der Waals surface area contributed by atoms with Gasteiger partial charge in [-0.05, 0) is 31.5 Å². The molecule has 3 N–H and O–H groups in total. The predicted octanol–water partition coefficient (Wildman–Crippen LogP) is 2.44. The maximum Gasteiger partial charge on any atom is 0.325 e. The second-order valence-corrected chi connectivity index (χ2v) is 4.65. The summed E-state index contributed by atoms with van der Waals surface area (Å²) in [5, 5.41) is 5.03. The zero-order chi connectivity index (χ0) is 17.8. The van der Waals surface area contributed by atoms with Gasteiger partial charge >= 0.3 is 12.0 Å². The van der Waals surface area contributed by atoms with E-state index in [-0.39, 0.29) is 13.2 Å². The zero-order valence-electron chi connectivity index (χ0n) is 13.9.